The van der Waals surface area contributed by atoms with Crippen molar-refractivity contribution in [1.82, 2.24) is 9.97 Å². The Kier molecular flexibility index (Phi) is 7.96. The number of nitrogens with one attached hydrogen (secondary N) is 1. The smallest absolute Gasteiger partial charge is 0.107 e. The number of benzene rings is 1. The molecule has 96 valence electrons. The number of fused-ring (bicyclic) bond motifs is 1. The summed E-state index contributed by atoms with van der Waals surface area (Å²) in [6.07, 6.45) is 4.49. The van der Waals surface area contributed by atoms with Crippen LogP contribution in [0.3, 0.4) is 0 Å². The zero-order valence-electron chi connectivity index (χ0n) is 9.63. The lowest BCUT2D eigenvalue weighted by Gasteiger charge is -1.95. The van der Waals surface area contributed by atoms with Gasteiger partial charge in [0, 0.05) is 6.42 Å². The highest BCUT2D eigenvalue weighted by Crippen LogP contribution is 2.11. The van der Waals surface area contributed by atoms with Crippen LogP contribution in [0.1, 0.15) is 25.1 Å². The van der Waals surface area contributed by atoms with E-state index in [1.807, 2.05) is 18.2 Å². The molecule has 1 heterocycles. The van der Waals surface area contributed by atoms with Crippen molar-refractivity contribution in [2.45, 2.75) is 25.7 Å². The van der Waals surface area contributed by atoms with Crippen molar-refractivity contribution in [3.63, 3.8) is 0 Å². The van der Waals surface area contributed by atoms with Crippen molar-refractivity contribution < 1.29 is 24.8 Å². The quantitative estimate of drug-likeness (QED) is 0.550. The molecule has 0 amide bonds. The summed E-state index contributed by atoms with van der Waals surface area (Å²) in [6.45, 7) is 0.792. The second-order valence-electron chi connectivity index (χ2n) is 3.80. The third kappa shape index (κ3) is 4.54. The molecule has 0 spiro atoms. The van der Waals surface area contributed by atoms with Crippen LogP contribution in [0.2, 0.25) is 0 Å². The Labute approximate surface area is 114 Å². The Balaban J connectivity index is 0.00000128. The second-order valence-corrected chi connectivity index (χ2v) is 3.80. The van der Waals surface area contributed by atoms with Gasteiger partial charge in [-0.15, -0.1) is 0 Å². The molecular formula is C12H17Cl2N3-2. The third-order valence-electron chi connectivity index (χ3n) is 2.56. The maximum atomic E-state index is 5.45. The Morgan fingerprint density at radius 3 is 2.53 bits per heavy atom. The Morgan fingerprint density at radius 1 is 1.06 bits per heavy atom. The molecule has 0 aliphatic heterocycles. The van der Waals surface area contributed by atoms with Crippen molar-refractivity contribution >= 4 is 11.0 Å². The van der Waals surface area contributed by atoms with Crippen LogP contribution in [0, 0.1) is 0 Å². The van der Waals surface area contributed by atoms with Crippen LogP contribution in [0.5, 0.6) is 0 Å². The van der Waals surface area contributed by atoms with Gasteiger partial charge in [-0.1, -0.05) is 18.6 Å². The number of H-pyrrole nitrogens is 1. The largest absolute Gasteiger partial charge is 1.00 e. The van der Waals surface area contributed by atoms with Crippen molar-refractivity contribution in [2.75, 3.05) is 6.54 Å². The summed E-state index contributed by atoms with van der Waals surface area (Å²) >= 11 is 0. The lowest BCUT2D eigenvalue weighted by molar-refractivity contribution is -0.001000. The number of halogens is 2. The van der Waals surface area contributed by atoms with Gasteiger partial charge in [0.1, 0.15) is 5.82 Å². The highest BCUT2D eigenvalue weighted by Gasteiger charge is 2.00. The summed E-state index contributed by atoms with van der Waals surface area (Å²) in [4.78, 5) is 7.85. The van der Waals surface area contributed by atoms with E-state index >= 15 is 0 Å². The number of nitrogens with zero attached hydrogens (tertiary/aromatic N) is 1. The molecule has 0 unspecified atom stereocenters. The van der Waals surface area contributed by atoms with Gasteiger partial charge in [0.15, 0.2) is 0 Å². The zero-order chi connectivity index (χ0) is 10.5. The first-order valence-electron chi connectivity index (χ1n) is 5.54. The van der Waals surface area contributed by atoms with Crippen molar-refractivity contribution in [1.29, 1.82) is 0 Å². The molecule has 0 saturated carbocycles. The van der Waals surface area contributed by atoms with Crippen LogP contribution in [-0.4, -0.2) is 16.5 Å². The Hall–Kier alpha value is -0.770. The minimum absolute atomic E-state index is 0. The number of aromatic amines is 1. The Bertz CT molecular complexity index is 395. The van der Waals surface area contributed by atoms with E-state index in [9.17, 15) is 0 Å². The molecule has 1 aromatic carbocycles. The average Bonchev–Trinajstić information content (AvgIpc) is 2.67. The maximum absolute atomic E-state index is 5.45. The zero-order valence-corrected chi connectivity index (χ0v) is 11.1. The number of aryl methyl sites for hydroxylation is 1. The number of unbranched alkanes of at least 4 members (excludes halogenated alkanes) is 2. The van der Waals surface area contributed by atoms with Gasteiger partial charge in [-0.2, -0.15) is 0 Å². The van der Waals surface area contributed by atoms with E-state index in [1.165, 1.54) is 6.42 Å². The maximum Gasteiger partial charge on any atom is 0.107 e. The predicted octanol–water partition coefficient (Wildman–Crippen LogP) is -3.76. The first kappa shape index (κ1) is 16.2. The lowest BCUT2D eigenvalue weighted by Crippen LogP contribution is -3.00. The van der Waals surface area contributed by atoms with E-state index in [2.05, 4.69) is 16.0 Å². The number of rotatable bonds is 5. The topological polar surface area (TPSA) is 54.7 Å². The summed E-state index contributed by atoms with van der Waals surface area (Å²) in [7, 11) is 0. The lowest BCUT2D eigenvalue weighted by atomic mass is 10.2. The van der Waals surface area contributed by atoms with Crippen LogP contribution in [0.15, 0.2) is 24.3 Å². The number of para-hydroxylation sites is 2. The summed E-state index contributed by atoms with van der Waals surface area (Å²) < 4.78 is 0. The van der Waals surface area contributed by atoms with E-state index in [0.29, 0.717) is 0 Å². The first-order valence-corrected chi connectivity index (χ1v) is 5.54. The van der Waals surface area contributed by atoms with Gasteiger partial charge in [0.2, 0.25) is 0 Å². The highest BCUT2D eigenvalue weighted by atomic mass is 35.5. The van der Waals surface area contributed by atoms with E-state index in [1.54, 1.807) is 0 Å². The number of nitrogens with two attached hydrogens (primary N) is 1. The van der Waals surface area contributed by atoms with Gasteiger partial charge in [-0.25, -0.2) is 4.98 Å². The van der Waals surface area contributed by atoms with Gasteiger partial charge >= 0.3 is 0 Å². The fraction of sp³-hybridized carbons (Fsp3) is 0.417. The molecule has 5 heteroatoms. The minimum Gasteiger partial charge on any atom is -1.00 e. The molecule has 3 N–H and O–H groups in total. The van der Waals surface area contributed by atoms with Gasteiger partial charge in [0.05, 0.1) is 11.0 Å². The van der Waals surface area contributed by atoms with Crippen molar-refractivity contribution in [2.24, 2.45) is 5.73 Å². The predicted molar refractivity (Wildman–Crippen MR) is 62.7 cm³/mol. The molecular weight excluding hydrogens is 257 g/mol. The number of aromatic nitrogens is 2. The molecule has 3 nitrogen and oxygen atoms in total. The standard InChI is InChI=1S/C12H17N3.2ClH/c13-9-5-1-2-8-12-14-10-6-3-4-7-11(10)15-12;;/h3-4,6-7H,1-2,5,8-9,13H2,(H,14,15);2*1H/p-2. The first-order chi connectivity index (χ1) is 7.40. The highest BCUT2D eigenvalue weighted by molar-refractivity contribution is 5.74. The van der Waals surface area contributed by atoms with Crippen LogP contribution >= 0.6 is 0 Å². The average molecular weight is 274 g/mol. The molecule has 0 aliphatic rings. The van der Waals surface area contributed by atoms with Crippen molar-refractivity contribution in [3.8, 4) is 0 Å². The molecule has 0 saturated heterocycles. The Morgan fingerprint density at radius 2 is 1.82 bits per heavy atom. The van der Waals surface area contributed by atoms with E-state index in [0.717, 1.165) is 42.7 Å². The molecule has 1 aromatic heterocycles. The molecule has 0 aliphatic carbocycles. The molecule has 2 rings (SSSR count). The fourth-order valence-corrected chi connectivity index (χ4v) is 1.74. The summed E-state index contributed by atoms with van der Waals surface area (Å²) in [5.41, 5.74) is 7.64. The van der Waals surface area contributed by atoms with Gasteiger partial charge in [-0.3, -0.25) is 0 Å². The van der Waals surface area contributed by atoms with E-state index in [4.69, 9.17) is 5.73 Å². The van der Waals surface area contributed by atoms with Crippen LogP contribution in [-0.2, 0) is 6.42 Å². The molecule has 0 bridgehead atoms. The van der Waals surface area contributed by atoms with Gasteiger partial charge in [-0.05, 0) is 31.5 Å². The summed E-state index contributed by atoms with van der Waals surface area (Å²) in [5, 5.41) is 0. The van der Waals surface area contributed by atoms with Gasteiger partial charge < -0.3 is 35.5 Å². The van der Waals surface area contributed by atoms with E-state index in [-0.39, 0.29) is 24.8 Å². The minimum atomic E-state index is 0. The summed E-state index contributed by atoms with van der Waals surface area (Å²) in [5.74, 6) is 1.09. The van der Waals surface area contributed by atoms with Crippen LogP contribution in [0.25, 0.3) is 11.0 Å². The monoisotopic (exact) mass is 273 g/mol. The molecule has 0 radical (unpaired) electrons. The molecule has 0 atom stereocenters. The molecule has 2 aromatic rings. The third-order valence-corrected chi connectivity index (χ3v) is 2.56. The normalized spacial score (nSPS) is 9.71. The van der Waals surface area contributed by atoms with Crippen LogP contribution in [0.4, 0.5) is 0 Å². The summed E-state index contributed by atoms with van der Waals surface area (Å²) in [6, 6.07) is 8.14. The number of imidazole rings is 1. The van der Waals surface area contributed by atoms with Crippen LogP contribution < -0.4 is 30.5 Å². The number of hydrogen-bond acceptors (Lipinski definition) is 2. The number of hydrogen-bond donors (Lipinski definition) is 2. The molecule has 0 fully saturated rings. The van der Waals surface area contributed by atoms with Gasteiger partial charge in [0.25, 0.3) is 0 Å². The second kappa shape index (κ2) is 8.34. The van der Waals surface area contributed by atoms with Crippen molar-refractivity contribution in [3.05, 3.63) is 30.1 Å². The fourth-order valence-electron chi connectivity index (χ4n) is 1.74. The SMILES string of the molecule is NCCCCCc1nc2ccccc2[nH]1.[Cl-].[Cl-]. The van der Waals surface area contributed by atoms with E-state index < -0.39 is 0 Å². The molecule has 17 heavy (non-hydrogen) atoms.